The Hall–Kier alpha value is -3.00. The van der Waals surface area contributed by atoms with Gasteiger partial charge in [0.25, 0.3) is 11.8 Å². The molecule has 6 rings (SSSR count). The minimum Gasteiger partial charge on any atom is -0.488 e. The van der Waals surface area contributed by atoms with Gasteiger partial charge in [0, 0.05) is 0 Å². The third-order valence-electron chi connectivity index (χ3n) is 6.99. The number of allylic oxidation sites excluding steroid dienone is 2. The minimum absolute atomic E-state index is 0.164. The number of imide groups is 1. The van der Waals surface area contributed by atoms with Crippen LogP contribution in [0.4, 0.5) is 0 Å². The average molecular weight is 548 g/mol. The number of hydrogen-bond donors (Lipinski definition) is 0. The molecular weight excluding hydrogens is 527 g/mol. The zero-order valence-corrected chi connectivity index (χ0v) is 19.9. The van der Waals surface area contributed by atoms with E-state index in [-0.39, 0.29) is 35.5 Å². The fourth-order valence-electron chi connectivity index (χ4n) is 5.41. The summed E-state index contributed by atoms with van der Waals surface area (Å²) >= 11 is 2.24. The second-order valence-electron chi connectivity index (χ2n) is 8.85. The number of ether oxygens (including phenoxy) is 1. The molecule has 0 radical (unpaired) electrons. The van der Waals surface area contributed by atoms with Crippen LogP contribution in [0, 0.1) is 27.2 Å². The van der Waals surface area contributed by atoms with E-state index in [1.807, 2.05) is 36.4 Å². The summed E-state index contributed by atoms with van der Waals surface area (Å²) < 4.78 is 7.04. The highest BCUT2D eigenvalue weighted by molar-refractivity contribution is 14.1. The van der Waals surface area contributed by atoms with Crippen molar-refractivity contribution in [3.63, 3.8) is 0 Å². The lowest BCUT2D eigenvalue weighted by Crippen LogP contribution is -2.28. The fraction of sp³-hybridized carbons (Fsp3) is 0.222. The summed E-state index contributed by atoms with van der Waals surface area (Å²) in [5.74, 6) is 0.382. The third kappa shape index (κ3) is 3.47. The van der Waals surface area contributed by atoms with E-state index >= 15 is 0 Å². The number of rotatable bonds is 5. The van der Waals surface area contributed by atoms with Crippen LogP contribution >= 0.6 is 22.6 Å². The Labute approximate surface area is 205 Å². The first-order chi connectivity index (χ1) is 16.1. The van der Waals surface area contributed by atoms with Gasteiger partial charge in [0.05, 0.1) is 21.6 Å². The lowest BCUT2D eigenvalue weighted by molar-refractivity contribution is -0.140. The monoisotopic (exact) mass is 548 g/mol. The van der Waals surface area contributed by atoms with Gasteiger partial charge in [-0.1, -0.05) is 54.6 Å². The van der Waals surface area contributed by atoms with Crippen molar-refractivity contribution < 1.29 is 14.3 Å². The molecule has 2 fully saturated rings. The number of amides is 2. The van der Waals surface area contributed by atoms with E-state index in [2.05, 4.69) is 64.1 Å². The van der Waals surface area contributed by atoms with Crippen molar-refractivity contribution in [2.75, 3.05) is 0 Å². The number of fused-ring (bicyclic) bond motifs is 6. The summed E-state index contributed by atoms with van der Waals surface area (Å²) in [4.78, 5) is 25.6. The average Bonchev–Trinajstić information content (AvgIpc) is 3.51. The maximum Gasteiger partial charge on any atom is 0.254 e. The Morgan fingerprint density at radius 3 is 2.45 bits per heavy atom. The SMILES string of the molecule is O=C1[C@@H]2[C@H](C(=O)N1N=Cc1ccc(OCc3cccc4ccccc34)c(I)c1)[C@H]1C=C[C@H]2C1. The number of carbonyl (C=O) groups excluding carboxylic acids is 2. The molecule has 1 saturated carbocycles. The van der Waals surface area contributed by atoms with Gasteiger partial charge in [-0.15, -0.1) is 0 Å². The second-order valence-corrected chi connectivity index (χ2v) is 10.0. The predicted octanol–water partition coefficient (Wildman–Crippen LogP) is 5.16. The Bertz CT molecular complexity index is 1310. The van der Waals surface area contributed by atoms with Crippen LogP contribution in [0.5, 0.6) is 5.75 Å². The normalized spacial score (nSPS) is 25.5. The van der Waals surface area contributed by atoms with Crippen molar-refractivity contribution in [1.29, 1.82) is 0 Å². The van der Waals surface area contributed by atoms with E-state index in [1.165, 1.54) is 10.8 Å². The first-order valence-corrected chi connectivity index (χ1v) is 12.2. The van der Waals surface area contributed by atoms with Crippen molar-refractivity contribution in [2.45, 2.75) is 13.0 Å². The molecule has 2 aliphatic carbocycles. The smallest absolute Gasteiger partial charge is 0.254 e. The van der Waals surface area contributed by atoms with Gasteiger partial charge in [0.2, 0.25) is 0 Å². The van der Waals surface area contributed by atoms with Gasteiger partial charge in [-0.3, -0.25) is 9.59 Å². The van der Waals surface area contributed by atoms with Gasteiger partial charge in [-0.2, -0.15) is 10.1 Å². The number of benzene rings is 3. The maximum atomic E-state index is 12.8. The van der Waals surface area contributed by atoms with E-state index < -0.39 is 0 Å². The van der Waals surface area contributed by atoms with Crippen molar-refractivity contribution in [3.05, 3.63) is 87.5 Å². The maximum absolute atomic E-state index is 12.8. The summed E-state index contributed by atoms with van der Waals surface area (Å²) in [6.07, 6.45) is 6.68. The lowest BCUT2D eigenvalue weighted by Gasteiger charge is -2.13. The first-order valence-electron chi connectivity index (χ1n) is 11.1. The quantitative estimate of drug-likeness (QED) is 0.192. The fourth-order valence-corrected chi connectivity index (χ4v) is 6.11. The van der Waals surface area contributed by atoms with Gasteiger partial charge in [0.15, 0.2) is 0 Å². The molecule has 4 atom stereocenters. The molecule has 6 heteroatoms. The van der Waals surface area contributed by atoms with E-state index in [1.54, 1.807) is 6.21 Å². The van der Waals surface area contributed by atoms with Crippen molar-refractivity contribution in [1.82, 2.24) is 5.01 Å². The molecule has 164 valence electrons. The van der Waals surface area contributed by atoms with Crippen LogP contribution in [-0.4, -0.2) is 23.0 Å². The van der Waals surface area contributed by atoms with Crippen molar-refractivity contribution in [2.24, 2.45) is 28.8 Å². The molecular formula is C27H21IN2O3. The van der Waals surface area contributed by atoms with Gasteiger partial charge in [0.1, 0.15) is 12.4 Å². The van der Waals surface area contributed by atoms with Crippen LogP contribution in [0.1, 0.15) is 17.5 Å². The Morgan fingerprint density at radius 1 is 0.970 bits per heavy atom. The highest BCUT2D eigenvalue weighted by atomic mass is 127. The van der Waals surface area contributed by atoms with E-state index in [0.717, 1.165) is 31.9 Å². The summed E-state index contributed by atoms with van der Waals surface area (Å²) in [6.45, 7) is 0.473. The van der Waals surface area contributed by atoms with E-state index in [0.29, 0.717) is 6.61 Å². The van der Waals surface area contributed by atoms with Crippen molar-refractivity contribution >= 4 is 51.4 Å². The van der Waals surface area contributed by atoms with Gasteiger partial charge in [-0.05, 0) is 80.9 Å². The Balaban J connectivity index is 1.16. The molecule has 3 aromatic rings. The molecule has 3 aliphatic rings. The Morgan fingerprint density at radius 2 is 1.70 bits per heavy atom. The highest BCUT2D eigenvalue weighted by Gasteiger charge is 2.59. The van der Waals surface area contributed by atoms with Gasteiger partial charge in [-0.25, -0.2) is 0 Å². The van der Waals surface area contributed by atoms with Crippen LogP contribution in [0.2, 0.25) is 0 Å². The molecule has 5 nitrogen and oxygen atoms in total. The molecule has 1 heterocycles. The minimum atomic E-state index is -0.227. The zero-order valence-electron chi connectivity index (χ0n) is 17.7. The summed E-state index contributed by atoms with van der Waals surface area (Å²) in [5.41, 5.74) is 1.95. The van der Waals surface area contributed by atoms with Crippen LogP contribution in [0.15, 0.2) is 77.9 Å². The molecule has 0 unspecified atom stereocenters. The van der Waals surface area contributed by atoms with Crippen LogP contribution in [0.3, 0.4) is 0 Å². The topological polar surface area (TPSA) is 59.0 Å². The van der Waals surface area contributed by atoms with Gasteiger partial charge >= 0.3 is 0 Å². The number of hydrazone groups is 1. The largest absolute Gasteiger partial charge is 0.488 e. The van der Waals surface area contributed by atoms with Crippen LogP contribution < -0.4 is 4.74 Å². The van der Waals surface area contributed by atoms with Gasteiger partial charge < -0.3 is 4.74 Å². The summed E-state index contributed by atoms with van der Waals surface area (Å²) in [6, 6.07) is 20.2. The van der Waals surface area contributed by atoms with Crippen LogP contribution in [0.25, 0.3) is 10.8 Å². The van der Waals surface area contributed by atoms with E-state index in [4.69, 9.17) is 4.74 Å². The molecule has 2 bridgehead atoms. The Kier molecular flexibility index (Phi) is 5.05. The molecule has 2 amide bonds. The molecule has 3 aromatic carbocycles. The molecule has 1 saturated heterocycles. The number of hydrogen-bond acceptors (Lipinski definition) is 4. The van der Waals surface area contributed by atoms with E-state index in [9.17, 15) is 9.59 Å². The molecule has 1 aliphatic heterocycles. The summed E-state index contributed by atoms with van der Waals surface area (Å²) in [7, 11) is 0. The second kappa shape index (κ2) is 8.09. The molecule has 0 spiro atoms. The lowest BCUT2D eigenvalue weighted by atomic mass is 9.85. The van der Waals surface area contributed by atoms with Crippen LogP contribution in [-0.2, 0) is 16.2 Å². The van der Waals surface area contributed by atoms with Crippen molar-refractivity contribution in [3.8, 4) is 5.75 Å². The molecule has 33 heavy (non-hydrogen) atoms. The zero-order chi connectivity index (χ0) is 22.5. The highest BCUT2D eigenvalue weighted by Crippen LogP contribution is 2.52. The summed E-state index contributed by atoms with van der Waals surface area (Å²) in [5, 5.41) is 7.73. The number of carbonyl (C=O) groups is 2. The first kappa shape index (κ1) is 20.6. The predicted molar refractivity (Wildman–Crippen MR) is 135 cm³/mol. The molecule has 0 N–H and O–H groups in total. The number of nitrogens with zero attached hydrogens (tertiary/aromatic N) is 2. The third-order valence-corrected chi connectivity index (χ3v) is 7.83. The molecule has 0 aromatic heterocycles. The standard InChI is InChI=1S/C27H21IN2O3/c28-22-12-16(14-29-30-26(31)24-18-9-10-19(13-18)25(24)27(30)32)8-11-23(22)33-15-20-6-3-5-17-4-1-2-7-21(17)20/h1-12,14,18-19,24-25H,13,15H2/t18-,19-,24-,25+/m0/s1. The number of halogens is 1.